The maximum absolute atomic E-state index is 12.8. The van der Waals surface area contributed by atoms with Crippen molar-refractivity contribution in [3.8, 4) is 0 Å². The van der Waals surface area contributed by atoms with Crippen LogP contribution in [0.3, 0.4) is 0 Å². The van der Waals surface area contributed by atoms with Crippen molar-refractivity contribution >= 4 is 13.5 Å². The van der Waals surface area contributed by atoms with Crippen LogP contribution in [0.2, 0.25) is 0 Å². The number of amides is 1. The molecule has 164 valence electrons. The fourth-order valence-electron chi connectivity index (χ4n) is 3.51. The zero-order valence-corrected chi connectivity index (χ0v) is 17.7. The molecular weight excluding hydrogens is 407 g/mol. The molecule has 2 fully saturated rings. The van der Waals surface area contributed by atoms with Crippen LogP contribution in [0, 0.1) is 0 Å². The molecule has 12 nitrogen and oxygen atoms in total. The fraction of sp³-hybridized carbons (Fsp3) is 0.812. The Bertz CT molecular complexity index is 777. The first-order chi connectivity index (χ1) is 13.6. The first-order valence-electron chi connectivity index (χ1n) is 9.37. The van der Waals surface area contributed by atoms with Gasteiger partial charge in [-0.2, -0.15) is 0 Å². The van der Waals surface area contributed by atoms with E-state index in [2.05, 4.69) is 10.1 Å². The maximum atomic E-state index is 12.8. The lowest BCUT2D eigenvalue weighted by Crippen LogP contribution is -2.40. The van der Waals surface area contributed by atoms with Gasteiger partial charge in [-0.25, -0.2) is 9.67 Å². The van der Waals surface area contributed by atoms with Gasteiger partial charge in [-0.3, -0.25) is 9.36 Å². The molecule has 1 aromatic rings. The van der Waals surface area contributed by atoms with Crippen molar-refractivity contribution in [1.29, 1.82) is 0 Å². The highest BCUT2D eigenvalue weighted by Crippen LogP contribution is 2.51. The molecule has 1 aromatic heterocycles. The summed E-state index contributed by atoms with van der Waals surface area (Å²) in [5.41, 5.74) is 5.20. The van der Waals surface area contributed by atoms with E-state index in [1.807, 2.05) is 0 Å². The second-order valence-electron chi connectivity index (χ2n) is 7.16. The topological polar surface area (TPSA) is 157 Å². The van der Waals surface area contributed by atoms with E-state index < -0.39 is 49.9 Å². The van der Waals surface area contributed by atoms with Crippen molar-refractivity contribution in [2.75, 3.05) is 19.4 Å². The molecule has 0 radical (unpaired) electrons. The summed E-state index contributed by atoms with van der Waals surface area (Å²) in [6.45, 7) is 7.18. The summed E-state index contributed by atoms with van der Waals surface area (Å²) in [7, 11) is -3.52. The summed E-state index contributed by atoms with van der Waals surface area (Å²) < 4.78 is 42.4. The molecule has 29 heavy (non-hydrogen) atoms. The minimum atomic E-state index is -3.52. The van der Waals surface area contributed by atoms with Gasteiger partial charge in [0.2, 0.25) is 5.82 Å². The number of carbonyl (C=O) groups excluding carboxylic acids is 1. The van der Waals surface area contributed by atoms with Gasteiger partial charge in [0.1, 0.15) is 24.6 Å². The average molecular weight is 434 g/mol. The highest BCUT2D eigenvalue weighted by atomic mass is 31.2. The Morgan fingerprint density at radius 2 is 1.97 bits per heavy atom. The molecule has 2 aliphatic heterocycles. The summed E-state index contributed by atoms with van der Waals surface area (Å²) in [6, 6.07) is 0. The summed E-state index contributed by atoms with van der Waals surface area (Å²) in [5, 5.41) is 14.8. The van der Waals surface area contributed by atoms with Gasteiger partial charge in [0.15, 0.2) is 12.0 Å². The number of nitrogens with two attached hydrogens (primary N) is 1. The van der Waals surface area contributed by atoms with Crippen molar-refractivity contribution < 1.29 is 37.7 Å². The Morgan fingerprint density at radius 1 is 1.34 bits per heavy atom. The number of aliphatic hydroxyl groups is 1. The number of aromatic nitrogens is 3. The van der Waals surface area contributed by atoms with Crippen molar-refractivity contribution in [3.05, 3.63) is 12.2 Å². The van der Waals surface area contributed by atoms with E-state index in [9.17, 15) is 14.5 Å². The van der Waals surface area contributed by atoms with Crippen molar-refractivity contribution in [1.82, 2.24) is 14.8 Å². The van der Waals surface area contributed by atoms with Crippen LogP contribution in [-0.2, 0) is 27.8 Å². The van der Waals surface area contributed by atoms with Crippen LogP contribution in [-0.4, -0.2) is 75.4 Å². The monoisotopic (exact) mass is 434 g/mol. The van der Waals surface area contributed by atoms with Crippen molar-refractivity contribution in [2.45, 2.75) is 64.1 Å². The normalized spacial score (nSPS) is 29.7. The SMILES string of the molecule is CCOP(=O)(CC(O)[C@H]1O[C@@H](n2cnc(C(N)=O)n2)[C@@H]2OC(C)(C)O[C@@H]21)OCC. The Hall–Kier alpha value is -1.40. The van der Waals surface area contributed by atoms with Gasteiger partial charge in [0.25, 0.3) is 5.91 Å². The van der Waals surface area contributed by atoms with Crippen LogP contribution in [0.15, 0.2) is 6.33 Å². The molecule has 2 saturated heterocycles. The Balaban J connectivity index is 1.83. The molecule has 0 bridgehead atoms. The number of fused-ring (bicyclic) bond motifs is 1. The molecule has 0 saturated carbocycles. The quantitative estimate of drug-likeness (QED) is 0.522. The average Bonchev–Trinajstić information content (AvgIpc) is 3.27. The predicted octanol–water partition coefficient (Wildman–Crippen LogP) is 0.422. The Morgan fingerprint density at radius 3 is 2.52 bits per heavy atom. The highest BCUT2D eigenvalue weighted by Gasteiger charge is 2.58. The lowest BCUT2D eigenvalue weighted by atomic mass is 10.1. The standard InChI is InChI=1S/C16H27N4O8P/c1-5-24-29(23,25-6-2)7-9(21)10-11-12(28-16(3,4)27-11)15(26-10)20-8-18-14(19-20)13(17)22/h8-12,15,21H,5-7H2,1-4H3,(H2,17,22)/t9?,10-,11-,12-,15-/m1/s1. The Kier molecular flexibility index (Phi) is 6.44. The zero-order valence-electron chi connectivity index (χ0n) is 16.8. The van der Waals surface area contributed by atoms with Crippen molar-refractivity contribution in [3.63, 3.8) is 0 Å². The third-order valence-corrected chi connectivity index (χ3v) is 6.62. The molecule has 0 spiro atoms. The van der Waals surface area contributed by atoms with Crippen LogP contribution >= 0.6 is 7.60 Å². The van der Waals surface area contributed by atoms with E-state index in [1.165, 1.54) is 11.0 Å². The molecule has 3 heterocycles. The van der Waals surface area contributed by atoms with Gasteiger partial charge >= 0.3 is 7.60 Å². The molecule has 3 N–H and O–H groups in total. The molecule has 13 heteroatoms. The fourth-order valence-corrected chi connectivity index (χ4v) is 5.25. The number of primary amides is 1. The molecule has 2 aliphatic rings. The van der Waals surface area contributed by atoms with Gasteiger partial charge < -0.3 is 34.1 Å². The summed E-state index contributed by atoms with van der Waals surface area (Å²) in [5.74, 6) is -1.90. The van der Waals surface area contributed by atoms with Crippen LogP contribution in [0.4, 0.5) is 0 Å². The number of carbonyl (C=O) groups is 1. The number of rotatable bonds is 9. The third kappa shape index (κ3) is 4.69. The van der Waals surface area contributed by atoms with E-state index in [1.54, 1.807) is 27.7 Å². The Labute approximate surface area is 168 Å². The lowest BCUT2D eigenvalue weighted by molar-refractivity contribution is -0.207. The smallest absolute Gasteiger partial charge is 0.333 e. The molecular formula is C16H27N4O8P. The maximum Gasteiger partial charge on any atom is 0.333 e. The summed E-state index contributed by atoms with van der Waals surface area (Å²) in [4.78, 5) is 15.1. The summed E-state index contributed by atoms with van der Waals surface area (Å²) >= 11 is 0. The van der Waals surface area contributed by atoms with Crippen LogP contribution in [0.1, 0.15) is 44.5 Å². The van der Waals surface area contributed by atoms with E-state index in [0.29, 0.717) is 0 Å². The number of hydrogen-bond acceptors (Lipinski definition) is 10. The molecule has 0 aromatic carbocycles. The van der Waals surface area contributed by atoms with Gasteiger partial charge in [0.05, 0.1) is 25.5 Å². The minimum absolute atomic E-state index is 0.172. The first-order valence-corrected chi connectivity index (χ1v) is 11.1. The van der Waals surface area contributed by atoms with E-state index >= 15 is 0 Å². The zero-order chi connectivity index (χ0) is 21.4. The minimum Gasteiger partial charge on any atom is -0.390 e. The van der Waals surface area contributed by atoms with Gasteiger partial charge in [-0.15, -0.1) is 5.10 Å². The number of aliphatic hydroxyl groups excluding tert-OH is 1. The number of ether oxygens (including phenoxy) is 3. The number of hydrogen-bond donors (Lipinski definition) is 2. The van der Waals surface area contributed by atoms with E-state index in [0.717, 1.165) is 0 Å². The second-order valence-corrected chi connectivity index (χ2v) is 9.27. The molecule has 5 atom stereocenters. The van der Waals surface area contributed by atoms with E-state index in [-0.39, 0.29) is 25.2 Å². The lowest BCUT2D eigenvalue weighted by Gasteiger charge is -2.28. The highest BCUT2D eigenvalue weighted by molar-refractivity contribution is 7.53. The summed E-state index contributed by atoms with van der Waals surface area (Å²) in [6.07, 6.45) is -3.27. The van der Waals surface area contributed by atoms with Gasteiger partial charge in [0, 0.05) is 0 Å². The molecule has 1 amide bonds. The largest absolute Gasteiger partial charge is 0.390 e. The third-order valence-electron chi connectivity index (χ3n) is 4.50. The van der Waals surface area contributed by atoms with Crippen LogP contribution < -0.4 is 5.73 Å². The number of nitrogens with zero attached hydrogens (tertiary/aromatic N) is 3. The molecule has 0 aliphatic carbocycles. The van der Waals surface area contributed by atoms with Crippen LogP contribution in [0.25, 0.3) is 0 Å². The molecule has 1 unspecified atom stereocenters. The molecule has 3 rings (SSSR count). The van der Waals surface area contributed by atoms with Crippen molar-refractivity contribution in [2.24, 2.45) is 5.73 Å². The van der Waals surface area contributed by atoms with Gasteiger partial charge in [-0.05, 0) is 27.7 Å². The predicted molar refractivity (Wildman–Crippen MR) is 98.0 cm³/mol. The second kappa shape index (κ2) is 8.38. The van der Waals surface area contributed by atoms with Crippen LogP contribution in [0.5, 0.6) is 0 Å². The van der Waals surface area contributed by atoms with Gasteiger partial charge in [-0.1, -0.05) is 0 Å². The van der Waals surface area contributed by atoms with E-state index in [4.69, 9.17) is 29.0 Å². The first kappa shape index (κ1) is 22.3.